The van der Waals surface area contributed by atoms with E-state index >= 15 is 0 Å². The minimum Gasteiger partial charge on any atom is -0.508 e. The molecule has 0 bridgehead atoms. The fourth-order valence-electron chi connectivity index (χ4n) is 1.79. The van der Waals surface area contributed by atoms with E-state index in [1.165, 1.54) is 6.92 Å². The highest BCUT2D eigenvalue weighted by atomic mass is 35.5. The first kappa shape index (κ1) is 14.2. The van der Waals surface area contributed by atoms with Gasteiger partial charge in [0.25, 0.3) is 0 Å². The van der Waals surface area contributed by atoms with Crippen molar-refractivity contribution in [3.05, 3.63) is 53.1 Å². The van der Waals surface area contributed by atoms with E-state index in [2.05, 4.69) is 10.6 Å². The number of phenols is 1. The van der Waals surface area contributed by atoms with Crippen molar-refractivity contribution < 1.29 is 9.90 Å². The maximum absolute atomic E-state index is 11.0. The van der Waals surface area contributed by atoms with Crippen LogP contribution in [0.4, 0.5) is 11.4 Å². The van der Waals surface area contributed by atoms with Crippen LogP contribution < -0.4 is 10.6 Å². The highest BCUT2D eigenvalue weighted by Crippen LogP contribution is 2.26. The molecule has 0 saturated carbocycles. The van der Waals surface area contributed by atoms with Crippen molar-refractivity contribution in [3.8, 4) is 5.75 Å². The number of anilines is 2. The van der Waals surface area contributed by atoms with Crippen molar-refractivity contribution in [3.63, 3.8) is 0 Å². The number of rotatable bonds is 4. The quantitative estimate of drug-likeness (QED) is 0.806. The van der Waals surface area contributed by atoms with Gasteiger partial charge in [-0.2, -0.15) is 0 Å². The molecule has 0 fully saturated rings. The zero-order chi connectivity index (χ0) is 14.5. The summed E-state index contributed by atoms with van der Waals surface area (Å²) in [6.45, 7) is 2.01. The third-order valence-corrected chi connectivity index (χ3v) is 3.00. The fourth-order valence-corrected chi connectivity index (χ4v) is 2.01. The van der Waals surface area contributed by atoms with Gasteiger partial charge < -0.3 is 15.7 Å². The Morgan fingerprint density at radius 1 is 1.25 bits per heavy atom. The molecule has 0 aromatic heterocycles. The molecule has 0 spiro atoms. The SMILES string of the molecule is CC(=O)Nc1ccc(NCc2cccc(O)c2)cc1Cl. The number of amides is 1. The third-order valence-electron chi connectivity index (χ3n) is 2.69. The number of hydrogen-bond donors (Lipinski definition) is 3. The fraction of sp³-hybridized carbons (Fsp3) is 0.133. The Morgan fingerprint density at radius 2 is 2.05 bits per heavy atom. The van der Waals surface area contributed by atoms with Crippen molar-refractivity contribution in [1.82, 2.24) is 0 Å². The Labute approximate surface area is 122 Å². The van der Waals surface area contributed by atoms with Crippen LogP contribution in [0.2, 0.25) is 5.02 Å². The Bertz CT molecular complexity index is 629. The molecule has 2 aromatic rings. The van der Waals surface area contributed by atoms with Gasteiger partial charge in [0.05, 0.1) is 10.7 Å². The molecular formula is C15H15ClN2O2. The predicted molar refractivity (Wildman–Crippen MR) is 81.2 cm³/mol. The summed E-state index contributed by atoms with van der Waals surface area (Å²) in [5.41, 5.74) is 2.39. The molecule has 0 atom stereocenters. The van der Waals surface area contributed by atoms with Crippen molar-refractivity contribution in [1.29, 1.82) is 0 Å². The Morgan fingerprint density at radius 3 is 2.70 bits per heavy atom. The summed E-state index contributed by atoms with van der Waals surface area (Å²) in [7, 11) is 0. The smallest absolute Gasteiger partial charge is 0.221 e. The molecule has 0 aliphatic carbocycles. The van der Waals surface area contributed by atoms with Gasteiger partial charge in [-0.1, -0.05) is 23.7 Å². The molecule has 5 heteroatoms. The Kier molecular flexibility index (Phi) is 4.48. The number of aromatic hydroxyl groups is 1. The molecule has 104 valence electrons. The molecule has 2 aromatic carbocycles. The van der Waals surface area contributed by atoms with E-state index in [1.807, 2.05) is 12.1 Å². The van der Waals surface area contributed by atoms with E-state index < -0.39 is 0 Å². The summed E-state index contributed by atoms with van der Waals surface area (Å²) in [5, 5.41) is 15.7. The lowest BCUT2D eigenvalue weighted by Gasteiger charge is -2.10. The van der Waals surface area contributed by atoms with Crippen LogP contribution in [-0.4, -0.2) is 11.0 Å². The van der Waals surface area contributed by atoms with Gasteiger partial charge in [0.1, 0.15) is 5.75 Å². The number of hydrogen-bond acceptors (Lipinski definition) is 3. The topological polar surface area (TPSA) is 61.4 Å². The molecule has 2 rings (SSSR count). The Balaban J connectivity index is 2.03. The molecule has 0 aliphatic rings. The van der Waals surface area contributed by atoms with Crippen LogP contribution in [-0.2, 0) is 11.3 Å². The standard InChI is InChI=1S/C15H15ClN2O2/c1-10(19)18-15-6-5-12(8-14(15)16)17-9-11-3-2-4-13(20)7-11/h2-8,17,20H,9H2,1H3,(H,18,19). The molecule has 20 heavy (non-hydrogen) atoms. The summed E-state index contributed by atoms with van der Waals surface area (Å²) in [5.74, 6) is 0.0794. The van der Waals surface area contributed by atoms with Crippen LogP contribution in [0.25, 0.3) is 0 Å². The van der Waals surface area contributed by atoms with Crippen molar-refractivity contribution in [2.24, 2.45) is 0 Å². The van der Waals surface area contributed by atoms with E-state index in [1.54, 1.807) is 30.3 Å². The maximum Gasteiger partial charge on any atom is 0.221 e. The summed E-state index contributed by atoms with van der Waals surface area (Å²) in [6.07, 6.45) is 0. The number of phenolic OH excluding ortho intramolecular Hbond substituents is 1. The van der Waals surface area contributed by atoms with E-state index in [0.717, 1.165) is 11.3 Å². The predicted octanol–water partition coefficient (Wildman–Crippen LogP) is 3.62. The Hall–Kier alpha value is -2.20. The largest absolute Gasteiger partial charge is 0.508 e. The van der Waals surface area contributed by atoms with Crippen LogP contribution >= 0.6 is 11.6 Å². The van der Waals surface area contributed by atoms with E-state index in [-0.39, 0.29) is 11.7 Å². The van der Waals surface area contributed by atoms with Crippen LogP contribution in [0.3, 0.4) is 0 Å². The average molecular weight is 291 g/mol. The molecule has 0 unspecified atom stereocenters. The molecule has 4 nitrogen and oxygen atoms in total. The summed E-state index contributed by atoms with van der Waals surface area (Å²) >= 11 is 6.09. The molecule has 0 heterocycles. The zero-order valence-corrected chi connectivity index (χ0v) is 11.7. The van der Waals surface area contributed by atoms with Crippen LogP contribution in [0.15, 0.2) is 42.5 Å². The number of halogens is 1. The minimum atomic E-state index is -0.160. The summed E-state index contributed by atoms with van der Waals surface area (Å²) < 4.78 is 0. The number of carbonyl (C=O) groups excluding carboxylic acids is 1. The molecule has 1 amide bonds. The molecule has 3 N–H and O–H groups in total. The second-order valence-corrected chi connectivity index (χ2v) is 4.81. The first-order valence-corrected chi connectivity index (χ1v) is 6.51. The van der Waals surface area contributed by atoms with Crippen molar-refractivity contribution >= 4 is 28.9 Å². The molecular weight excluding hydrogens is 276 g/mol. The zero-order valence-electron chi connectivity index (χ0n) is 11.0. The van der Waals surface area contributed by atoms with Gasteiger partial charge in [0.2, 0.25) is 5.91 Å². The second-order valence-electron chi connectivity index (χ2n) is 4.40. The number of carbonyl (C=O) groups is 1. The van der Waals surface area contributed by atoms with Gasteiger partial charge in [-0.05, 0) is 35.9 Å². The number of nitrogens with one attached hydrogen (secondary N) is 2. The van der Waals surface area contributed by atoms with Crippen LogP contribution in [0.1, 0.15) is 12.5 Å². The first-order chi connectivity index (χ1) is 9.54. The lowest BCUT2D eigenvalue weighted by molar-refractivity contribution is -0.114. The molecule has 0 saturated heterocycles. The van der Waals surface area contributed by atoms with Gasteiger partial charge in [0, 0.05) is 19.2 Å². The lowest BCUT2D eigenvalue weighted by atomic mass is 10.2. The van der Waals surface area contributed by atoms with Gasteiger partial charge >= 0.3 is 0 Å². The second kappa shape index (κ2) is 6.30. The average Bonchev–Trinajstić information content (AvgIpc) is 2.39. The van der Waals surface area contributed by atoms with E-state index in [0.29, 0.717) is 17.3 Å². The monoisotopic (exact) mass is 290 g/mol. The normalized spacial score (nSPS) is 10.1. The highest BCUT2D eigenvalue weighted by molar-refractivity contribution is 6.34. The van der Waals surface area contributed by atoms with Crippen molar-refractivity contribution in [2.75, 3.05) is 10.6 Å². The van der Waals surface area contributed by atoms with E-state index in [4.69, 9.17) is 11.6 Å². The van der Waals surface area contributed by atoms with Gasteiger partial charge in [-0.15, -0.1) is 0 Å². The van der Waals surface area contributed by atoms with E-state index in [9.17, 15) is 9.90 Å². The highest BCUT2D eigenvalue weighted by Gasteiger charge is 2.03. The number of benzene rings is 2. The summed E-state index contributed by atoms with van der Waals surface area (Å²) in [6, 6.07) is 12.4. The summed E-state index contributed by atoms with van der Waals surface area (Å²) in [4.78, 5) is 11.0. The van der Waals surface area contributed by atoms with Crippen LogP contribution in [0.5, 0.6) is 5.75 Å². The molecule has 0 radical (unpaired) electrons. The maximum atomic E-state index is 11.0. The van der Waals surface area contributed by atoms with Gasteiger partial charge in [0.15, 0.2) is 0 Å². The molecule has 0 aliphatic heterocycles. The lowest BCUT2D eigenvalue weighted by Crippen LogP contribution is -2.06. The van der Waals surface area contributed by atoms with Gasteiger partial charge in [-0.3, -0.25) is 4.79 Å². The van der Waals surface area contributed by atoms with Gasteiger partial charge in [-0.25, -0.2) is 0 Å². The van der Waals surface area contributed by atoms with Crippen molar-refractivity contribution in [2.45, 2.75) is 13.5 Å². The first-order valence-electron chi connectivity index (χ1n) is 6.13. The minimum absolute atomic E-state index is 0.160. The third kappa shape index (κ3) is 3.90. The van der Waals surface area contributed by atoms with Crippen LogP contribution in [0, 0.1) is 0 Å².